The number of fused-ring (bicyclic) bond motifs is 3. The van der Waals surface area contributed by atoms with E-state index in [2.05, 4.69) is 11.6 Å². The Hall–Kier alpha value is -3.25. The Morgan fingerprint density at radius 1 is 1.18 bits per heavy atom. The third-order valence-electron chi connectivity index (χ3n) is 9.33. The number of ether oxygens (including phenoxy) is 1. The average Bonchev–Trinajstić information content (AvgIpc) is 3.33. The van der Waals surface area contributed by atoms with Crippen LogP contribution < -0.4 is 9.46 Å². The number of allylic oxidation sites excluding steroid dienone is 2. The fourth-order valence-electron chi connectivity index (χ4n) is 6.59. The quantitative estimate of drug-likeness (QED) is 0.462. The zero-order valence-corrected chi connectivity index (χ0v) is 27.0. The van der Waals surface area contributed by atoms with Gasteiger partial charge in [-0.05, 0) is 50.2 Å². The van der Waals surface area contributed by atoms with Crippen LogP contribution in [0.4, 0.5) is 0 Å². The molecule has 12 heteroatoms. The van der Waals surface area contributed by atoms with Gasteiger partial charge in [0, 0.05) is 39.4 Å². The highest BCUT2D eigenvalue weighted by atomic mass is 32.2. The van der Waals surface area contributed by atoms with E-state index in [1.807, 2.05) is 47.9 Å². The van der Waals surface area contributed by atoms with E-state index in [4.69, 9.17) is 9.72 Å². The summed E-state index contributed by atoms with van der Waals surface area (Å²) in [6.07, 6.45) is 9.32. The van der Waals surface area contributed by atoms with Gasteiger partial charge in [0.2, 0.25) is 11.8 Å². The van der Waals surface area contributed by atoms with Crippen LogP contribution in [0, 0.1) is 17.3 Å². The van der Waals surface area contributed by atoms with E-state index < -0.39 is 33.7 Å². The maximum absolute atomic E-state index is 14.1. The third-order valence-corrected chi connectivity index (χ3v) is 10.7. The Morgan fingerprint density at radius 2 is 1.95 bits per heavy atom. The standard InChI is InChI=1S/C32H45N5O6S/c1-5-17-36-26-16-12-11-15-25(26)33-31(36)43-24-18-27-28(38)20-32(30(40)34-44(41,42)35(3)4)19-23(32)14-10-8-6-7-9-13-22(2)29(39)37(27)21-24/h10-12,14-16,22-24,27H,5-9,13,17-21H2,1-4H3,(H,34,40)/b14-10-/t22-,23-,24+,27-,32+/m0/s1. The van der Waals surface area contributed by atoms with Gasteiger partial charge in [0.05, 0.1) is 29.0 Å². The largest absolute Gasteiger partial charge is 0.459 e. The van der Waals surface area contributed by atoms with E-state index in [1.54, 1.807) is 4.90 Å². The topological polar surface area (TPSA) is 131 Å². The number of hydrogen-bond acceptors (Lipinski definition) is 7. The predicted molar refractivity (Wildman–Crippen MR) is 167 cm³/mol. The molecule has 3 aliphatic rings. The lowest BCUT2D eigenvalue weighted by atomic mass is 9.91. The summed E-state index contributed by atoms with van der Waals surface area (Å²) in [5.41, 5.74) is 0.607. The number of aryl methyl sites for hydroxylation is 1. The van der Waals surface area contributed by atoms with Crippen molar-refractivity contribution in [3.05, 3.63) is 36.4 Å². The second-order valence-electron chi connectivity index (χ2n) is 12.8. The summed E-state index contributed by atoms with van der Waals surface area (Å²) in [5, 5.41) is 0. The fraction of sp³-hybridized carbons (Fsp3) is 0.625. The van der Waals surface area contributed by atoms with E-state index in [-0.39, 0.29) is 42.9 Å². The number of aromatic nitrogens is 2. The molecule has 1 saturated heterocycles. The minimum atomic E-state index is -4.03. The van der Waals surface area contributed by atoms with Gasteiger partial charge >= 0.3 is 10.2 Å². The summed E-state index contributed by atoms with van der Waals surface area (Å²) in [7, 11) is -1.34. The molecule has 2 aromatic rings. The summed E-state index contributed by atoms with van der Waals surface area (Å²) in [5.74, 6) is -1.53. The number of ketones is 1. The van der Waals surface area contributed by atoms with Crippen LogP contribution in [0.15, 0.2) is 36.4 Å². The van der Waals surface area contributed by atoms with Crippen LogP contribution in [-0.4, -0.2) is 77.6 Å². The molecule has 240 valence electrons. The third kappa shape index (κ3) is 6.56. The van der Waals surface area contributed by atoms with Crippen LogP contribution in [0.1, 0.15) is 71.6 Å². The highest BCUT2D eigenvalue weighted by Gasteiger charge is 2.61. The number of nitrogens with one attached hydrogen (secondary N) is 1. The van der Waals surface area contributed by atoms with E-state index in [0.29, 0.717) is 19.0 Å². The van der Waals surface area contributed by atoms with Crippen molar-refractivity contribution in [1.29, 1.82) is 0 Å². The van der Waals surface area contributed by atoms with E-state index in [1.165, 1.54) is 14.1 Å². The number of hydrogen-bond donors (Lipinski definition) is 1. The number of para-hydroxylation sites is 2. The molecule has 0 radical (unpaired) electrons. The van der Waals surface area contributed by atoms with Gasteiger partial charge in [-0.3, -0.25) is 19.0 Å². The van der Waals surface area contributed by atoms with E-state index in [0.717, 1.165) is 53.9 Å². The summed E-state index contributed by atoms with van der Waals surface area (Å²) >= 11 is 0. The molecule has 2 fully saturated rings. The number of carbonyl (C=O) groups is 3. The lowest BCUT2D eigenvalue weighted by Crippen LogP contribution is -2.47. The maximum atomic E-state index is 14.1. The molecule has 5 rings (SSSR count). The Morgan fingerprint density at radius 3 is 2.70 bits per heavy atom. The van der Waals surface area contributed by atoms with E-state index >= 15 is 0 Å². The number of nitrogens with zero attached hydrogens (tertiary/aromatic N) is 4. The Bertz CT molecular complexity index is 1530. The molecule has 5 atom stereocenters. The lowest BCUT2D eigenvalue weighted by molar-refractivity contribution is -0.141. The molecule has 1 aromatic heterocycles. The van der Waals surface area contributed by atoms with Crippen molar-refractivity contribution in [3.63, 3.8) is 0 Å². The van der Waals surface area contributed by atoms with Gasteiger partial charge in [-0.2, -0.15) is 17.7 Å². The number of amides is 2. The average molecular weight is 628 g/mol. The van der Waals surface area contributed by atoms with Crippen LogP contribution in [-0.2, 0) is 31.1 Å². The number of imidazole rings is 1. The first-order valence-corrected chi connectivity index (χ1v) is 17.3. The molecular weight excluding hydrogens is 582 g/mol. The molecule has 1 N–H and O–H groups in total. The van der Waals surface area contributed by atoms with Crippen molar-refractivity contribution in [2.24, 2.45) is 17.3 Å². The molecule has 44 heavy (non-hydrogen) atoms. The van der Waals surface area contributed by atoms with Gasteiger partial charge in [-0.1, -0.05) is 51.0 Å². The zero-order chi connectivity index (χ0) is 31.6. The second kappa shape index (κ2) is 13.0. The normalized spacial score (nSPS) is 29.1. The molecule has 11 nitrogen and oxygen atoms in total. The Kier molecular flexibility index (Phi) is 9.50. The van der Waals surface area contributed by atoms with Crippen LogP contribution in [0.25, 0.3) is 11.0 Å². The number of benzene rings is 1. The fourth-order valence-corrected chi connectivity index (χ4v) is 7.21. The van der Waals surface area contributed by atoms with Crippen LogP contribution in [0.5, 0.6) is 6.01 Å². The van der Waals surface area contributed by atoms with Crippen molar-refractivity contribution >= 4 is 38.8 Å². The van der Waals surface area contributed by atoms with Crippen molar-refractivity contribution in [1.82, 2.24) is 23.5 Å². The van der Waals surface area contributed by atoms with Gasteiger partial charge < -0.3 is 9.64 Å². The van der Waals surface area contributed by atoms with Crippen molar-refractivity contribution in [2.45, 2.75) is 90.3 Å². The SMILES string of the molecule is CCCn1c(O[C@@H]2C[C@H]3C(=O)C[C@]4(C(=O)NS(=O)(=O)N(C)C)C[C@@H]4/C=C\CCCCC[C@H](C)C(=O)N3C2)nc2ccccc21. The molecule has 2 amide bonds. The van der Waals surface area contributed by atoms with Gasteiger partial charge in [0.15, 0.2) is 5.78 Å². The van der Waals surface area contributed by atoms with Crippen LogP contribution in [0.2, 0.25) is 0 Å². The second-order valence-corrected chi connectivity index (χ2v) is 14.7. The van der Waals surface area contributed by atoms with Crippen molar-refractivity contribution in [2.75, 3.05) is 20.6 Å². The van der Waals surface area contributed by atoms with Crippen molar-refractivity contribution in [3.8, 4) is 6.01 Å². The predicted octanol–water partition coefficient (Wildman–Crippen LogP) is 3.84. The monoisotopic (exact) mass is 627 g/mol. The van der Waals surface area contributed by atoms with Crippen LogP contribution in [0.3, 0.4) is 0 Å². The first-order valence-electron chi connectivity index (χ1n) is 15.8. The van der Waals surface area contributed by atoms with E-state index in [9.17, 15) is 22.8 Å². The minimum Gasteiger partial charge on any atom is -0.459 e. The first-order chi connectivity index (χ1) is 21.0. The highest BCUT2D eigenvalue weighted by Crippen LogP contribution is 2.57. The zero-order valence-electron chi connectivity index (χ0n) is 26.2. The molecule has 1 saturated carbocycles. The molecule has 1 aliphatic carbocycles. The summed E-state index contributed by atoms with van der Waals surface area (Å²) in [6.45, 7) is 4.95. The Balaban J connectivity index is 1.43. The smallest absolute Gasteiger partial charge is 0.303 e. The highest BCUT2D eigenvalue weighted by molar-refractivity contribution is 7.87. The lowest BCUT2D eigenvalue weighted by Gasteiger charge is -2.27. The summed E-state index contributed by atoms with van der Waals surface area (Å²) in [4.78, 5) is 47.8. The summed E-state index contributed by atoms with van der Waals surface area (Å²) < 4.78 is 36.7. The van der Waals surface area contributed by atoms with Crippen LogP contribution >= 0.6 is 0 Å². The first kappa shape index (κ1) is 32.2. The maximum Gasteiger partial charge on any atom is 0.303 e. The molecule has 2 aliphatic heterocycles. The van der Waals surface area contributed by atoms with Gasteiger partial charge in [0.1, 0.15) is 6.10 Å². The molecule has 3 heterocycles. The van der Waals surface area contributed by atoms with Gasteiger partial charge in [0.25, 0.3) is 6.01 Å². The molecule has 0 spiro atoms. The number of rotatable bonds is 7. The molecular formula is C32H45N5O6S. The molecule has 0 unspecified atom stereocenters. The molecule has 0 bridgehead atoms. The van der Waals surface area contributed by atoms with Crippen molar-refractivity contribution < 1.29 is 27.5 Å². The number of carbonyl (C=O) groups excluding carboxylic acids is 3. The molecule has 1 aromatic carbocycles. The van der Waals surface area contributed by atoms with Gasteiger partial charge in [-0.25, -0.2) is 4.72 Å². The Labute approximate surface area is 260 Å². The summed E-state index contributed by atoms with van der Waals surface area (Å²) in [6, 6.07) is 7.51. The minimum absolute atomic E-state index is 0.0921. The van der Waals surface area contributed by atoms with Gasteiger partial charge in [-0.15, -0.1) is 0 Å². The number of Topliss-reactive ketones (excluding diaryl/α,β-unsaturated/α-hetero) is 1.